The number of alkyl halides is 3. The van der Waals surface area contributed by atoms with Gasteiger partial charge in [-0.05, 0) is 42.3 Å². The highest BCUT2D eigenvalue weighted by molar-refractivity contribution is 6.14. The molecule has 0 saturated heterocycles. The molecule has 0 atom stereocenters. The van der Waals surface area contributed by atoms with Crippen LogP contribution in [0.3, 0.4) is 0 Å². The summed E-state index contributed by atoms with van der Waals surface area (Å²) < 4.78 is 46.4. The van der Waals surface area contributed by atoms with E-state index in [0.717, 1.165) is 13.2 Å². The Morgan fingerprint density at radius 2 is 1.87 bits per heavy atom. The fourth-order valence-corrected chi connectivity index (χ4v) is 3.65. The number of ether oxygens (including phenoxy) is 1. The minimum Gasteiger partial charge on any atom is -0.495 e. The number of nitrogens with zero attached hydrogens (tertiary/aromatic N) is 2. The average molecular weight is 413 g/mol. The quantitative estimate of drug-likeness (QED) is 0.650. The molecule has 1 aliphatic rings. The zero-order valence-electron chi connectivity index (χ0n) is 16.0. The summed E-state index contributed by atoms with van der Waals surface area (Å²) in [6.45, 7) is 0.443. The van der Waals surface area contributed by atoms with Gasteiger partial charge in [0.15, 0.2) is 0 Å². The first-order valence-corrected chi connectivity index (χ1v) is 9.26. The molecule has 1 N–H and O–H groups in total. The number of rotatable bonds is 4. The number of methoxy groups -OCH3 is 1. The molecule has 0 spiro atoms. The normalized spacial score (nSPS) is 12.8. The van der Waals surface area contributed by atoms with Crippen molar-refractivity contribution in [2.45, 2.75) is 12.6 Å². The number of carbonyl (C=O) groups is 1. The Balaban J connectivity index is 1.96. The third-order valence-corrected chi connectivity index (χ3v) is 4.92. The molecule has 2 heterocycles. The minimum atomic E-state index is -4.68. The van der Waals surface area contributed by atoms with Crippen molar-refractivity contribution in [3.8, 4) is 5.75 Å². The number of benzene rings is 2. The van der Waals surface area contributed by atoms with Crippen LogP contribution >= 0.6 is 0 Å². The van der Waals surface area contributed by atoms with Gasteiger partial charge in [0.2, 0.25) is 0 Å². The zero-order valence-corrected chi connectivity index (χ0v) is 16.0. The maximum atomic E-state index is 13.8. The van der Waals surface area contributed by atoms with Crippen LogP contribution < -0.4 is 15.0 Å². The van der Waals surface area contributed by atoms with Crippen molar-refractivity contribution in [2.75, 3.05) is 23.9 Å². The van der Waals surface area contributed by atoms with E-state index in [0.29, 0.717) is 35.6 Å². The number of amides is 1. The maximum Gasteiger partial charge on any atom is 0.420 e. The van der Waals surface area contributed by atoms with E-state index in [1.165, 1.54) is 11.1 Å². The Hall–Kier alpha value is -3.55. The van der Waals surface area contributed by atoms with Crippen LogP contribution in [0.5, 0.6) is 5.75 Å². The Morgan fingerprint density at radius 3 is 2.50 bits per heavy atom. The van der Waals surface area contributed by atoms with Crippen LogP contribution in [-0.2, 0) is 12.6 Å². The molecule has 3 aromatic rings. The van der Waals surface area contributed by atoms with Gasteiger partial charge in [0.05, 0.1) is 24.6 Å². The van der Waals surface area contributed by atoms with Crippen molar-refractivity contribution in [1.29, 1.82) is 0 Å². The first kappa shape index (κ1) is 19.8. The fourth-order valence-electron chi connectivity index (χ4n) is 3.65. The summed E-state index contributed by atoms with van der Waals surface area (Å²) >= 11 is 0. The lowest BCUT2D eigenvalue weighted by atomic mass is 9.97. The highest BCUT2D eigenvalue weighted by Crippen LogP contribution is 2.45. The number of fused-ring (bicyclic) bond motifs is 1. The molecule has 30 heavy (non-hydrogen) atoms. The number of para-hydroxylation sites is 1. The lowest BCUT2D eigenvalue weighted by Crippen LogP contribution is -2.28. The van der Waals surface area contributed by atoms with Gasteiger partial charge in [-0.2, -0.15) is 13.2 Å². The highest BCUT2D eigenvalue weighted by atomic mass is 19.4. The smallest absolute Gasteiger partial charge is 0.420 e. The summed E-state index contributed by atoms with van der Waals surface area (Å²) in [5.74, 6) is -1.09. The lowest BCUT2D eigenvalue weighted by molar-refractivity contribution is -0.138. The number of carbonyl (C=O) groups excluding carboxylic acids is 1. The van der Waals surface area contributed by atoms with Gasteiger partial charge in [-0.1, -0.05) is 18.2 Å². The second-order valence-corrected chi connectivity index (χ2v) is 6.72. The second-order valence-electron chi connectivity index (χ2n) is 6.72. The van der Waals surface area contributed by atoms with Crippen LogP contribution in [0.15, 0.2) is 60.9 Å². The standard InChI is InChI=1S/C22H18F3N3O2/c1-30-20-17(22(23,24)25)12-18-16(9-11-27-18)19(20)21(29)28(14-6-3-2-4-7-14)15-8-5-10-26-13-15/h2-8,10,12-13,27H,9,11H2,1H3. The minimum absolute atomic E-state index is 0.0972. The first-order chi connectivity index (χ1) is 14.4. The summed E-state index contributed by atoms with van der Waals surface area (Å²) in [5, 5.41) is 2.94. The number of hydrogen-bond acceptors (Lipinski definition) is 4. The van der Waals surface area contributed by atoms with Gasteiger partial charge in [-0.3, -0.25) is 14.7 Å². The number of aromatic nitrogens is 1. The summed E-state index contributed by atoms with van der Waals surface area (Å²) in [7, 11) is 1.15. The van der Waals surface area contributed by atoms with Gasteiger partial charge in [-0.15, -0.1) is 0 Å². The van der Waals surface area contributed by atoms with E-state index in [9.17, 15) is 18.0 Å². The van der Waals surface area contributed by atoms with Crippen LogP contribution in [0.4, 0.5) is 30.2 Å². The summed E-state index contributed by atoms with van der Waals surface area (Å²) in [5.41, 5.74) is 0.670. The summed E-state index contributed by atoms with van der Waals surface area (Å²) in [6.07, 6.45) is -1.21. The molecule has 0 unspecified atom stereocenters. The SMILES string of the molecule is COc1c(C(F)(F)F)cc2c(c1C(=O)N(c1ccccc1)c1cccnc1)CCN2. The zero-order chi connectivity index (χ0) is 21.3. The van der Waals surface area contributed by atoms with Gasteiger partial charge in [0.25, 0.3) is 5.91 Å². The molecule has 1 aliphatic heterocycles. The van der Waals surface area contributed by atoms with E-state index >= 15 is 0 Å². The third-order valence-electron chi connectivity index (χ3n) is 4.92. The molecule has 0 bridgehead atoms. The maximum absolute atomic E-state index is 13.8. The van der Waals surface area contributed by atoms with Gasteiger partial charge >= 0.3 is 6.18 Å². The van der Waals surface area contributed by atoms with Crippen molar-refractivity contribution < 1.29 is 22.7 Å². The Bertz CT molecular complexity index is 1030. The van der Waals surface area contributed by atoms with E-state index < -0.39 is 23.4 Å². The first-order valence-electron chi connectivity index (χ1n) is 9.26. The number of hydrogen-bond donors (Lipinski definition) is 1. The molecule has 8 heteroatoms. The lowest BCUT2D eigenvalue weighted by Gasteiger charge is -2.26. The summed E-state index contributed by atoms with van der Waals surface area (Å²) in [6, 6.07) is 13.1. The van der Waals surface area contributed by atoms with Crippen molar-refractivity contribution in [2.24, 2.45) is 0 Å². The van der Waals surface area contributed by atoms with Crippen LogP contribution in [0, 0.1) is 0 Å². The molecular formula is C22H18F3N3O2. The Morgan fingerprint density at radius 1 is 1.13 bits per heavy atom. The molecule has 1 aromatic heterocycles. The van der Waals surface area contributed by atoms with Crippen LogP contribution in [0.25, 0.3) is 0 Å². The van der Waals surface area contributed by atoms with Crippen molar-refractivity contribution in [3.63, 3.8) is 0 Å². The molecule has 1 amide bonds. The van der Waals surface area contributed by atoms with Crippen LogP contribution in [0.2, 0.25) is 0 Å². The van der Waals surface area contributed by atoms with Crippen molar-refractivity contribution >= 4 is 23.0 Å². The fraction of sp³-hybridized carbons (Fsp3) is 0.182. The number of pyridine rings is 1. The molecule has 0 saturated carbocycles. The average Bonchev–Trinajstić information content (AvgIpc) is 3.21. The van der Waals surface area contributed by atoms with E-state index in [2.05, 4.69) is 10.3 Å². The molecule has 5 nitrogen and oxygen atoms in total. The van der Waals surface area contributed by atoms with E-state index in [1.54, 1.807) is 48.7 Å². The molecule has 0 radical (unpaired) electrons. The van der Waals surface area contributed by atoms with Gasteiger partial charge in [0.1, 0.15) is 11.3 Å². The molecule has 154 valence electrons. The molecule has 0 aliphatic carbocycles. The van der Waals surface area contributed by atoms with E-state index in [4.69, 9.17) is 4.74 Å². The van der Waals surface area contributed by atoms with E-state index in [1.807, 2.05) is 0 Å². The summed E-state index contributed by atoms with van der Waals surface area (Å²) in [4.78, 5) is 19.2. The van der Waals surface area contributed by atoms with Gasteiger partial charge < -0.3 is 10.1 Å². The van der Waals surface area contributed by atoms with Gasteiger partial charge in [-0.25, -0.2) is 0 Å². The third kappa shape index (κ3) is 3.45. The van der Waals surface area contributed by atoms with E-state index in [-0.39, 0.29) is 5.56 Å². The van der Waals surface area contributed by atoms with Crippen molar-refractivity contribution in [3.05, 3.63) is 77.6 Å². The Kier molecular flexibility index (Phi) is 5.07. The predicted octanol–water partition coefficient (Wildman–Crippen LogP) is 5.06. The largest absolute Gasteiger partial charge is 0.495 e. The molecule has 2 aromatic carbocycles. The predicted molar refractivity (Wildman–Crippen MR) is 107 cm³/mol. The van der Waals surface area contributed by atoms with Crippen LogP contribution in [-0.4, -0.2) is 24.5 Å². The van der Waals surface area contributed by atoms with Gasteiger partial charge in [0, 0.05) is 24.1 Å². The second kappa shape index (κ2) is 7.70. The highest BCUT2D eigenvalue weighted by Gasteiger charge is 2.40. The molecule has 0 fully saturated rings. The number of nitrogens with one attached hydrogen (secondary N) is 1. The Labute approximate surface area is 171 Å². The monoisotopic (exact) mass is 413 g/mol. The topological polar surface area (TPSA) is 54.5 Å². The molecule has 4 rings (SSSR count). The van der Waals surface area contributed by atoms with Crippen molar-refractivity contribution in [1.82, 2.24) is 4.98 Å². The number of anilines is 3. The number of halogens is 3. The van der Waals surface area contributed by atoms with Crippen LogP contribution in [0.1, 0.15) is 21.5 Å². The molecular weight excluding hydrogens is 395 g/mol.